The summed E-state index contributed by atoms with van der Waals surface area (Å²) in [4.78, 5) is 10.7. The van der Waals surface area contributed by atoms with Crippen LogP contribution in [0.15, 0.2) is 0 Å². The van der Waals surface area contributed by atoms with E-state index in [-0.39, 0.29) is 5.54 Å². The van der Waals surface area contributed by atoms with Gasteiger partial charge in [-0.3, -0.25) is 10.1 Å². The molecule has 1 aliphatic rings. The molecule has 0 amide bonds. The highest BCUT2D eigenvalue weighted by Crippen LogP contribution is 2.37. The fraction of sp³-hybridized carbons (Fsp3) is 0.875. The molecule has 0 aliphatic heterocycles. The molecule has 1 fully saturated rings. The SMILES string of the molecule is CC(C)(C)NC1(C(=O)O)CC1. The van der Waals surface area contributed by atoms with E-state index in [0.717, 1.165) is 12.8 Å². The lowest BCUT2D eigenvalue weighted by molar-refractivity contribution is -0.141. The molecular formula is C8H15NO2. The molecule has 0 spiro atoms. The molecule has 0 aromatic carbocycles. The molecule has 0 heterocycles. The predicted octanol–water partition coefficient (Wildman–Crippen LogP) is 0.992. The van der Waals surface area contributed by atoms with Crippen LogP contribution >= 0.6 is 0 Å². The number of aliphatic carboxylic acids is 1. The van der Waals surface area contributed by atoms with Gasteiger partial charge < -0.3 is 5.11 Å². The molecule has 0 aromatic rings. The summed E-state index contributed by atoms with van der Waals surface area (Å²) in [5, 5.41) is 11.9. The van der Waals surface area contributed by atoms with Crippen molar-refractivity contribution in [1.82, 2.24) is 5.32 Å². The van der Waals surface area contributed by atoms with Gasteiger partial charge in [-0.1, -0.05) is 0 Å². The summed E-state index contributed by atoms with van der Waals surface area (Å²) in [7, 11) is 0. The topological polar surface area (TPSA) is 49.3 Å². The largest absolute Gasteiger partial charge is 0.480 e. The van der Waals surface area contributed by atoms with Crippen molar-refractivity contribution in [2.45, 2.75) is 44.7 Å². The average molecular weight is 157 g/mol. The van der Waals surface area contributed by atoms with Crippen molar-refractivity contribution in [3.8, 4) is 0 Å². The molecule has 0 radical (unpaired) electrons. The van der Waals surface area contributed by atoms with Crippen molar-refractivity contribution in [3.05, 3.63) is 0 Å². The number of hydrogen-bond donors (Lipinski definition) is 2. The van der Waals surface area contributed by atoms with Crippen LogP contribution in [-0.2, 0) is 4.79 Å². The summed E-state index contributed by atoms with van der Waals surface area (Å²) in [6.45, 7) is 5.95. The van der Waals surface area contributed by atoms with Crippen LogP contribution < -0.4 is 5.32 Å². The third-order valence-electron chi connectivity index (χ3n) is 1.77. The molecule has 3 heteroatoms. The van der Waals surface area contributed by atoms with Gasteiger partial charge in [0, 0.05) is 5.54 Å². The Balaban J connectivity index is 2.55. The highest BCUT2D eigenvalue weighted by molar-refractivity contribution is 5.82. The molecule has 2 N–H and O–H groups in total. The Morgan fingerprint density at radius 1 is 1.45 bits per heavy atom. The zero-order valence-corrected chi connectivity index (χ0v) is 7.27. The van der Waals surface area contributed by atoms with Crippen molar-refractivity contribution < 1.29 is 9.90 Å². The van der Waals surface area contributed by atoms with E-state index in [1.54, 1.807) is 0 Å². The van der Waals surface area contributed by atoms with E-state index in [1.165, 1.54) is 0 Å². The maximum absolute atomic E-state index is 10.7. The average Bonchev–Trinajstić information content (AvgIpc) is 2.43. The molecule has 1 saturated carbocycles. The molecule has 3 nitrogen and oxygen atoms in total. The van der Waals surface area contributed by atoms with Crippen LogP contribution in [0, 0.1) is 0 Å². The van der Waals surface area contributed by atoms with Crippen LogP contribution in [0.3, 0.4) is 0 Å². The number of rotatable bonds is 2. The lowest BCUT2D eigenvalue weighted by Gasteiger charge is -2.25. The summed E-state index contributed by atoms with van der Waals surface area (Å²) in [6.07, 6.45) is 1.53. The van der Waals surface area contributed by atoms with Gasteiger partial charge in [0.2, 0.25) is 0 Å². The van der Waals surface area contributed by atoms with Crippen molar-refractivity contribution in [1.29, 1.82) is 0 Å². The molecule has 0 aromatic heterocycles. The number of hydrogen-bond acceptors (Lipinski definition) is 2. The van der Waals surface area contributed by atoms with Gasteiger partial charge in [0.25, 0.3) is 0 Å². The van der Waals surface area contributed by atoms with Crippen LogP contribution in [-0.4, -0.2) is 22.2 Å². The fourth-order valence-corrected chi connectivity index (χ4v) is 1.24. The molecule has 11 heavy (non-hydrogen) atoms. The lowest BCUT2D eigenvalue weighted by Crippen LogP contribution is -2.49. The quantitative estimate of drug-likeness (QED) is 0.628. The Morgan fingerprint density at radius 3 is 2.00 bits per heavy atom. The Bertz CT molecular complexity index is 177. The van der Waals surface area contributed by atoms with Crippen molar-refractivity contribution in [3.63, 3.8) is 0 Å². The second kappa shape index (κ2) is 2.21. The normalized spacial score (nSPS) is 21.4. The van der Waals surface area contributed by atoms with E-state index in [0.29, 0.717) is 0 Å². The van der Waals surface area contributed by atoms with E-state index in [2.05, 4.69) is 5.32 Å². The molecule has 0 unspecified atom stereocenters. The highest BCUT2D eigenvalue weighted by Gasteiger charge is 2.51. The monoisotopic (exact) mass is 157 g/mol. The Kier molecular flexibility index (Phi) is 1.71. The summed E-state index contributed by atoms with van der Waals surface area (Å²) in [5.41, 5.74) is -0.701. The van der Waals surface area contributed by atoms with Gasteiger partial charge in [-0.25, -0.2) is 0 Å². The second-order valence-corrected chi connectivity index (χ2v) is 4.26. The van der Waals surface area contributed by atoms with Gasteiger partial charge in [0.1, 0.15) is 5.54 Å². The van der Waals surface area contributed by atoms with Crippen molar-refractivity contribution in [2.24, 2.45) is 0 Å². The first-order chi connectivity index (χ1) is 4.86. The molecule has 0 atom stereocenters. The van der Waals surface area contributed by atoms with Crippen LogP contribution in [0.4, 0.5) is 0 Å². The molecule has 1 aliphatic carbocycles. The first-order valence-electron chi connectivity index (χ1n) is 3.88. The van der Waals surface area contributed by atoms with Gasteiger partial charge >= 0.3 is 5.97 Å². The van der Waals surface area contributed by atoms with Gasteiger partial charge in [-0.2, -0.15) is 0 Å². The Morgan fingerprint density at radius 2 is 1.91 bits per heavy atom. The van der Waals surface area contributed by atoms with Crippen molar-refractivity contribution in [2.75, 3.05) is 0 Å². The predicted molar refractivity (Wildman–Crippen MR) is 42.5 cm³/mol. The zero-order chi connectivity index (χ0) is 8.70. The minimum absolute atomic E-state index is 0.102. The number of carboxylic acid groups (broad SMARTS) is 1. The highest BCUT2D eigenvalue weighted by atomic mass is 16.4. The molecule has 0 bridgehead atoms. The summed E-state index contributed by atoms with van der Waals surface area (Å²) < 4.78 is 0. The lowest BCUT2D eigenvalue weighted by atomic mass is 10.1. The standard InChI is InChI=1S/C8H15NO2/c1-7(2,3)9-8(4-5-8)6(10)11/h9H,4-5H2,1-3H3,(H,10,11). The maximum atomic E-state index is 10.7. The van der Waals surface area contributed by atoms with E-state index in [1.807, 2.05) is 20.8 Å². The minimum atomic E-state index is -0.715. The van der Waals surface area contributed by atoms with E-state index >= 15 is 0 Å². The van der Waals surface area contributed by atoms with Gasteiger partial charge in [0.15, 0.2) is 0 Å². The molecule has 1 rings (SSSR count). The third kappa shape index (κ3) is 1.93. The van der Waals surface area contributed by atoms with E-state index in [4.69, 9.17) is 5.11 Å². The molecule has 64 valence electrons. The number of carboxylic acids is 1. The Labute approximate surface area is 66.8 Å². The number of nitrogens with one attached hydrogen (secondary N) is 1. The Hall–Kier alpha value is -0.570. The fourth-order valence-electron chi connectivity index (χ4n) is 1.24. The van der Waals surface area contributed by atoms with Crippen LogP contribution in [0.1, 0.15) is 33.6 Å². The van der Waals surface area contributed by atoms with Gasteiger partial charge in [0.05, 0.1) is 0 Å². The number of carbonyl (C=O) groups is 1. The van der Waals surface area contributed by atoms with Gasteiger partial charge in [-0.05, 0) is 33.6 Å². The van der Waals surface area contributed by atoms with Gasteiger partial charge in [-0.15, -0.1) is 0 Å². The molecular weight excluding hydrogens is 142 g/mol. The maximum Gasteiger partial charge on any atom is 0.323 e. The van der Waals surface area contributed by atoms with Crippen LogP contribution in [0.5, 0.6) is 0 Å². The third-order valence-corrected chi connectivity index (χ3v) is 1.77. The van der Waals surface area contributed by atoms with E-state index in [9.17, 15) is 4.79 Å². The summed E-state index contributed by atoms with van der Waals surface area (Å²) in [5.74, 6) is -0.715. The van der Waals surface area contributed by atoms with Crippen LogP contribution in [0.25, 0.3) is 0 Å². The first kappa shape index (κ1) is 8.53. The minimum Gasteiger partial charge on any atom is -0.480 e. The molecule has 0 saturated heterocycles. The summed E-state index contributed by atoms with van der Waals surface area (Å²) in [6, 6.07) is 0. The van der Waals surface area contributed by atoms with Crippen LogP contribution in [0.2, 0.25) is 0 Å². The second-order valence-electron chi connectivity index (χ2n) is 4.26. The zero-order valence-electron chi connectivity index (χ0n) is 7.27. The smallest absolute Gasteiger partial charge is 0.323 e. The van der Waals surface area contributed by atoms with Crippen molar-refractivity contribution >= 4 is 5.97 Å². The summed E-state index contributed by atoms with van der Waals surface area (Å²) >= 11 is 0. The van der Waals surface area contributed by atoms with E-state index < -0.39 is 11.5 Å². The first-order valence-corrected chi connectivity index (χ1v) is 3.88.